The summed E-state index contributed by atoms with van der Waals surface area (Å²) in [4.78, 5) is 10.9. The van der Waals surface area contributed by atoms with Crippen LogP contribution in [0, 0.1) is 0 Å². The Bertz CT molecular complexity index is 290. The number of unbranched alkanes of at least 4 members (excludes halogenated alkanes) is 1. The first-order chi connectivity index (χ1) is 8.72. The monoisotopic (exact) mass is 304 g/mol. The number of hydrogen-bond acceptors (Lipinski definition) is 4. The molecule has 0 radical (unpaired) electrons. The number of carbonyl (C=O) groups is 1. The second kappa shape index (κ2) is 8.68. The summed E-state index contributed by atoms with van der Waals surface area (Å²) in [6.45, 7) is 14.7. The Kier molecular flexibility index (Phi) is 8.48. The van der Waals surface area contributed by atoms with E-state index in [4.69, 9.17) is 13.3 Å². The van der Waals surface area contributed by atoms with Gasteiger partial charge in [0.25, 0.3) is 0 Å². The predicted octanol–water partition coefficient (Wildman–Crippen LogP) is 3.46. The lowest BCUT2D eigenvalue weighted by Crippen LogP contribution is -2.47. The highest BCUT2D eigenvalue weighted by Gasteiger charge is 2.34. The van der Waals surface area contributed by atoms with Crippen molar-refractivity contribution in [1.82, 2.24) is 0 Å². The molecule has 112 valence electrons. The number of esters is 1. The number of hydrogen-bond donors (Lipinski definition) is 0. The molecule has 0 bridgehead atoms. The van der Waals surface area contributed by atoms with E-state index in [-0.39, 0.29) is 6.61 Å². The molecule has 4 nitrogen and oxygen atoms in total. The molecule has 0 atom stereocenters. The van der Waals surface area contributed by atoms with Gasteiger partial charge in [-0.1, -0.05) is 26.3 Å². The molecule has 0 saturated heterocycles. The normalized spacial score (nSPS) is 12.3. The Morgan fingerprint density at radius 2 is 1.84 bits per heavy atom. The van der Waals surface area contributed by atoms with E-state index in [0.717, 1.165) is 12.1 Å². The highest BCUT2D eigenvalue weighted by molar-refractivity contribution is 6.82. The summed E-state index contributed by atoms with van der Waals surface area (Å²) in [5, 5.41) is 0. The first kappa shape index (κ1) is 18.6. The van der Waals surface area contributed by atoms with Crippen LogP contribution in [0.3, 0.4) is 0 Å². The maximum atomic E-state index is 10.9. The van der Waals surface area contributed by atoms with Crippen LogP contribution in [0.5, 0.6) is 0 Å². The lowest BCUT2D eigenvalue weighted by molar-refractivity contribution is -0.138. The maximum absolute atomic E-state index is 10.9. The largest absolute Gasteiger partial charge is 0.460 e. The van der Waals surface area contributed by atoms with Crippen LogP contribution in [-0.4, -0.2) is 36.1 Å². The fraction of sp³-hybridized carbons (Fsp3) is 0.769. The topological polar surface area (TPSA) is 44.8 Å². The molecule has 0 fully saturated rings. The first-order valence-electron chi connectivity index (χ1n) is 6.86. The number of rotatable bonds is 10. The second-order valence-corrected chi connectivity index (χ2v) is 13.5. The molecule has 0 spiro atoms. The van der Waals surface area contributed by atoms with Crippen molar-refractivity contribution in [1.29, 1.82) is 0 Å². The number of ether oxygens (including phenoxy) is 1. The molecule has 0 aliphatic rings. The van der Waals surface area contributed by atoms with E-state index in [9.17, 15) is 4.79 Å². The molecule has 0 rings (SSSR count). The predicted molar refractivity (Wildman–Crippen MR) is 82.9 cm³/mol. The van der Waals surface area contributed by atoms with Crippen molar-refractivity contribution in [2.45, 2.75) is 52.0 Å². The van der Waals surface area contributed by atoms with Gasteiger partial charge in [0.1, 0.15) is 6.61 Å². The second-order valence-electron chi connectivity index (χ2n) is 5.59. The average Bonchev–Trinajstić information content (AvgIpc) is 2.30. The summed E-state index contributed by atoms with van der Waals surface area (Å²) >= 11 is 0. The van der Waals surface area contributed by atoms with Crippen LogP contribution in [0.15, 0.2) is 12.7 Å². The third-order valence-electron chi connectivity index (χ3n) is 2.60. The molecule has 0 heterocycles. The van der Waals surface area contributed by atoms with Crippen LogP contribution < -0.4 is 0 Å². The molecule has 0 N–H and O–H groups in total. The van der Waals surface area contributed by atoms with Gasteiger partial charge in [-0.3, -0.25) is 0 Å². The maximum Gasteiger partial charge on any atom is 0.330 e. The highest BCUT2D eigenvalue weighted by atomic mass is 28.4. The standard InChI is InChI=1S/C13H28O4Si2/c1-7-9-12-18(3,4)17-19(5,6)16-11-10-15-13(14)8-2/h8H,2,7,9-12H2,1,3-6H3. The Hall–Kier alpha value is -0.436. The third-order valence-corrected chi connectivity index (χ3v) is 9.23. The van der Waals surface area contributed by atoms with Crippen LogP contribution >= 0.6 is 0 Å². The fourth-order valence-corrected chi connectivity index (χ4v) is 9.58. The van der Waals surface area contributed by atoms with E-state index in [0.29, 0.717) is 6.61 Å². The van der Waals surface area contributed by atoms with Gasteiger partial charge in [-0.05, 0) is 32.2 Å². The van der Waals surface area contributed by atoms with Gasteiger partial charge in [0.15, 0.2) is 8.32 Å². The molecule has 0 aromatic carbocycles. The van der Waals surface area contributed by atoms with E-state index < -0.39 is 22.8 Å². The van der Waals surface area contributed by atoms with Crippen molar-refractivity contribution in [2.75, 3.05) is 13.2 Å². The van der Waals surface area contributed by atoms with Crippen LogP contribution in [0.25, 0.3) is 0 Å². The molecule has 0 aromatic rings. The van der Waals surface area contributed by atoms with Gasteiger partial charge < -0.3 is 13.3 Å². The van der Waals surface area contributed by atoms with Crippen molar-refractivity contribution in [2.24, 2.45) is 0 Å². The minimum absolute atomic E-state index is 0.252. The van der Waals surface area contributed by atoms with E-state index in [2.05, 4.69) is 26.6 Å². The van der Waals surface area contributed by atoms with Crippen molar-refractivity contribution in [3.63, 3.8) is 0 Å². The molecule has 0 saturated carbocycles. The Labute approximate surface area is 119 Å². The van der Waals surface area contributed by atoms with Gasteiger partial charge >= 0.3 is 14.5 Å². The van der Waals surface area contributed by atoms with Gasteiger partial charge in [0.05, 0.1) is 6.61 Å². The first-order valence-corrected chi connectivity index (χ1v) is 12.8. The van der Waals surface area contributed by atoms with Gasteiger partial charge in [-0.25, -0.2) is 4.79 Å². The SMILES string of the molecule is C=CC(=O)OCCO[Si](C)(C)O[Si](C)(C)CCCC. The van der Waals surface area contributed by atoms with E-state index in [1.807, 2.05) is 13.1 Å². The Morgan fingerprint density at radius 1 is 1.21 bits per heavy atom. The molecular weight excluding hydrogens is 276 g/mol. The van der Waals surface area contributed by atoms with Crippen LogP contribution in [0.2, 0.25) is 32.2 Å². The van der Waals surface area contributed by atoms with Crippen LogP contribution in [0.1, 0.15) is 19.8 Å². The van der Waals surface area contributed by atoms with Crippen LogP contribution in [0.4, 0.5) is 0 Å². The quantitative estimate of drug-likeness (QED) is 0.268. The molecule has 0 aliphatic carbocycles. The lowest BCUT2D eigenvalue weighted by atomic mass is 10.4. The summed E-state index contributed by atoms with van der Waals surface area (Å²) in [5.41, 5.74) is 0. The zero-order valence-corrected chi connectivity index (χ0v) is 15.0. The minimum Gasteiger partial charge on any atom is -0.460 e. The Morgan fingerprint density at radius 3 is 2.37 bits per heavy atom. The van der Waals surface area contributed by atoms with Gasteiger partial charge in [0, 0.05) is 6.08 Å². The molecule has 19 heavy (non-hydrogen) atoms. The van der Waals surface area contributed by atoms with E-state index in [1.165, 1.54) is 12.8 Å². The molecule has 0 amide bonds. The highest BCUT2D eigenvalue weighted by Crippen LogP contribution is 2.21. The van der Waals surface area contributed by atoms with Gasteiger partial charge in [-0.2, -0.15) is 0 Å². The van der Waals surface area contributed by atoms with E-state index in [1.54, 1.807) is 0 Å². The van der Waals surface area contributed by atoms with E-state index >= 15 is 0 Å². The van der Waals surface area contributed by atoms with Crippen molar-refractivity contribution >= 4 is 22.8 Å². The zero-order valence-electron chi connectivity index (χ0n) is 13.0. The molecule has 0 aromatic heterocycles. The minimum atomic E-state index is -2.13. The Balaban J connectivity index is 4.02. The summed E-state index contributed by atoms with van der Waals surface area (Å²) in [6.07, 6.45) is 3.56. The summed E-state index contributed by atoms with van der Waals surface area (Å²) in [5.74, 6) is -0.415. The molecule has 0 unspecified atom stereocenters. The lowest BCUT2D eigenvalue weighted by Gasteiger charge is -2.33. The summed E-state index contributed by atoms with van der Waals surface area (Å²) in [7, 11) is -3.76. The number of carbonyl (C=O) groups excluding carboxylic acids is 1. The third kappa shape index (κ3) is 10.1. The average molecular weight is 305 g/mol. The summed E-state index contributed by atoms with van der Waals surface area (Å²) < 4.78 is 16.9. The smallest absolute Gasteiger partial charge is 0.330 e. The van der Waals surface area contributed by atoms with Gasteiger partial charge in [0.2, 0.25) is 0 Å². The zero-order chi connectivity index (χ0) is 14.9. The van der Waals surface area contributed by atoms with Crippen LogP contribution in [-0.2, 0) is 18.1 Å². The van der Waals surface area contributed by atoms with Crippen molar-refractivity contribution < 1.29 is 18.1 Å². The van der Waals surface area contributed by atoms with Gasteiger partial charge in [-0.15, -0.1) is 0 Å². The molecule has 6 heteroatoms. The van der Waals surface area contributed by atoms with Crippen molar-refractivity contribution in [3.8, 4) is 0 Å². The fourth-order valence-electron chi connectivity index (χ4n) is 1.84. The molecular formula is C13H28O4Si2. The summed E-state index contributed by atoms with van der Waals surface area (Å²) in [6, 6.07) is 1.16. The van der Waals surface area contributed by atoms with Crippen molar-refractivity contribution in [3.05, 3.63) is 12.7 Å². The molecule has 0 aliphatic heterocycles.